The second-order valence-corrected chi connectivity index (χ2v) is 6.77. The summed E-state index contributed by atoms with van der Waals surface area (Å²) in [7, 11) is -3.59. The molecular weight excluding hydrogens is 288 g/mol. The fraction of sp³-hybridized carbons (Fsp3) is 0.133. The van der Waals surface area contributed by atoms with Gasteiger partial charge in [0.15, 0.2) is 9.84 Å². The Kier molecular flexibility index (Phi) is 3.99. The van der Waals surface area contributed by atoms with Gasteiger partial charge in [0.05, 0.1) is 16.3 Å². The van der Waals surface area contributed by atoms with Crippen LogP contribution in [0, 0.1) is 6.92 Å². The van der Waals surface area contributed by atoms with Crippen molar-refractivity contribution in [3.63, 3.8) is 0 Å². The molecule has 6 heteroatoms. The van der Waals surface area contributed by atoms with E-state index in [0.29, 0.717) is 11.1 Å². The molecule has 0 bridgehead atoms. The number of amides is 1. The van der Waals surface area contributed by atoms with Crippen molar-refractivity contribution in [1.82, 2.24) is 0 Å². The van der Waals surface area contributed by atoms with Gasteiger partial charge in [-0.3, -0.25) is 4.79 Å². The van der Waals surface area contributed by atoms with Crippen LogP contribution in [-0.2, 0) is 15.6 Å². The van der Waals surface area contributed by atoms with E-state index in [4.69, 9.17) is 11.5 Å². The van der Waals surface area contributed by atoms with E-state index in [-0.39, 0.29) is 21.9 Å². The van der Waals surface area contributed by atoms with Crippen molar-refractivity contribution in [2.45, 2.75) is 17.6 Å². The molecule has 0 aromatic heterocycles. The third-order valence-electron chi connectivity index (χ3n) is 3.19. The number of aryl methyl sites for hydroxylation is 1. The Balaban J connectivity index is 2.40. The summed E-state index contributed by atoms with van der Waals surface area (Å²) in [4.78, 5) is 11.2. The van der Waals surface area contributed by atoms with Crippen molar-refractivity contribution in [1.29, 1.82) is 0 Å². The van der Waals surface area contributed by atoms with Gasteiger partial charge in [-0.2, -0.15) is 0 Å². The van der Waals surface area contributed by atoms with Gasteiger partial charge in [-0.15, -0.1) is 0 Å². The standard InChI is InChI=1S/C15H16N2O3S/c1-10-4-2-7-13(14(10)16)21(19,20)9-11-5-3-6-12(8-11)15(17)18/h2-8H,9,16H2,1H3,(H2,17,18). The van der Waals surface area contributed by atoms with Gasteiger partial charge in [0, 0.05) is 5.56 Å². The zero-order valence-corrected chi connectivity index (χ0v) is 12.4. The maximum atomic E-state index is 12.5. The van der Waals surface area contributed by atoms with Crippen LogP contribution in [0.5, 0.6) is 0 Å². The lowest BCUT2D eigenvalue weighted by atomic mass is 10.1. The molecule has 0 saturated carbocycles. The normalized spacial score (nSPS) is 11.3. The quantitative estimate of drug-likeness (QED) is 0.838. The smallest absolute Gasteiger partial charge is 0.248 e. The maximum absolute atomic E-state index is 12.5. The van der Waals surface area contributed by atoms with Crippen molar-refractivity contribution < 1.29 is 13.2 Å². The van der Waals surface area contributed by atoms with E-state index < -0.39 is 15.7 Å². The van der Waals surface area contributed by atoms with Crippen molar-refractivity contribution in [3.8, 4) is 0 Å². The summed E-state index contributed by atoms with van der Waals surface area (Å²) in [5.74, 6) is -0.828. The SMILES string of the molecule is Cc1cccc(S(=O)(=O)Cc2cccc(C(N)=O)c2)c1N. The Hall–Kier alpha value is -2.34. The van der Waals surface area contributed by atoms with Gasteiger partial charge in [-0.05, 0) is 36.2 Å². The van der Waals surface area contributed by atoms with Crippen molar-refractivity contribution in [2.24, 2.45) is 5.73 Å². The van der Waals surface area contributed by atoms with Gasteiger partial charge in [-0.1, -0.05) is 24.3 Å². The molecule has 2 aromatic rings. The number of carbonyl (C=O) groups is 1. The lowest BCUT2D eigenvalue weighted by Crippen LogP contribution is -2.12. The van der Waals surface area contributed by atoms with Crippen LogP contribution < -0.4 is 11.5 Å². The topological polar surface area (TPSA) is 103 Å². The van der Waals surface area contributed by atoms with Crippen molar-refractivity contribution in [2.75, 3.05) is 5.73 Å². The van der Waals surface area contributed by atoms with Crippen LogP contribution in [0.4, 0.5) is 5.69 Å². The molecule has 21 heavy (non-hydrogen) atoms. The predicted octanol–water partition coefficient (Wildman–Crippen LogP) is 1.65. The number of benzene rings is 2. The number of carbonyl (C=O) groups excluding carboxylic acids is 1. The van der Waals surface area contributed by atoms with Crippen LogP contribution >= 0.6 is 0 Å². The molecule has 110 valence electrons. The Morgan fingerprint density at radius 3 is 2.48 bits per heavy atom. The van der Waals surface area contributed by atoms with Crippen LogP contribution in [0.15, 0.2) is 47.4 Å². The summed E-state index contributed by atoms with van der Waals surface area (Å²) in [5, 5.41) is 0. The van der Waals surface area contributed by atoms with Gasteiger partial charge < -0.3 is 11.5 Å². The molecule has 1 amide bonds. The van der Waals surface area contributed by atoms with E-state index >= 15 is 0 Å². The van der Waals surface area contributed by atoms with E-state index in [9.17, 15) is 13.2 Å². The van der Waals surface area contributed by atoms with E-state index in [1.165, 1.54) is 12.1 Å². The molecule has 2 rings (SSSR count). The monoisotopic (exact) mass is 304 g/mol. The Morgan fingerprint density at radius 2 is 1.81 bits per heavy atom. The molecule has 0 spiro atoms. The summed E-state index contributed by atoms with van der Waals surface area (Å²) >= 11 is 0. The van der Waals surface area contributed by atoms with Gasteiger partial charge in [0.1, 0.15) is 0 Å². The molecule has 0 aliphatic heterocycles. The molecular formula is C15H16N2O3S. The summed E-state index contributed by atoms with van der Waals surface area (Å²) in [6, 6.07) is 11.1. The fourth-order valence-corrected chi connectivity index (χ4v) is 3.59. The summed E-state index contributed by atoms with van der Waals surface area (Å²) in [6.45, 7) is 1.75. The molecule has 0 atom stereocenters. The highest BCUT2D eigenvalue weighted by Gasteiger charge is 2.19. The number of rotatable bonds is 4. The number of para-hydroxylation sites is 1. The summed E-state index contributed by atoms with van der Waals surface area (Å²) in [6.07, 6.45) is 0. The second-order valence-electron chi connectivity index (χ2n) is 4.81. The lowest BCUT2D eigenvalue weighted by molar-refractivity contribution is 0.1000. The largest absolute Gasteiger partial charge is 0.397 e. The van der Waals surface area contributed by atoms with Crippen LogP contribution in [0.2, 0.25) is 0 Å². The summed E-state index contributed by atoms with van der Waals surface area (Å²) < 4.78 is 24.9. The van der Waals surface area contributed by atoms with Gasteiger partial charge in [0.2, 0.25) is 5.91 Å². The first-order chi connectivity index (χ1) is 9.81. The Morgan fingerprint density at radius 1 is 1.14 bits per heavy atom. The van der Waals surface area contributed by atoms with E-state index in [1.54, 1.807) is 37.3 Å². The van der Waals surface area contributed by atoms with Gasteiger partial charge >= 0.3 is 0 Å². The molecule has 0 fully saturated rings. The number of nitrogens with two attached hydrogens (primary N) is 2. The fourth-order valence-electron chi connectivity index (χ4n) is 2.04. The zero-order chi connectivity index (χ0) is 15.6. The maximum Gasteiger partial charge on any atom is 0.248 e. The highest BCUT2D eigenvalue weighted by molar-refractivity contribution is 7.90. The first-order valence-electron chi connectivity index (χ1n) is 6.28. The first-order valence-corrected chi connectivity index (χ1v) is 7.93. The van der Waals surface area contributed by atoms with Gasteiger partial charge in [0.25, 0.3) is 0 Å². The van der Waals surface area contributed by atoms with Crippen LogP contribution in [-0.4, -0.2) is 14.3 Å². The molecule has 0 radical (unpaired) electrons. The number of primary amides is 1. The molecule has 0 unspecified atom stereocenters. The third-order valence-corrected chi connectivity index (χ3v) is 4.93. The first kappa shape index (κ1) is 15.1. The molecule has 2 aromatic carbocycles. The molecule has 4 N–H and O–H groups in total. The third kappa shape index (κ3) is 3.22. The average molecular weight is 304 g/mol. The Bertz CT molecular complexity index is 798. The molecule has 0 saturated heterocycles. The molecule has 0 heterocycles. The Labute approximate surface area is 123 Å². The lowest BCUT2D eigenvalue weighted by Gasteiger charge is -2.10. The molecule has 5 nitrogen and oxygen atoms in total. The number of sulfone groups is 1. The minimum absolute atomic E-state index is 0.104. The summed E-state index contributed by atoms with van der Waals surface area (Å²) in [5.41, 5.74) is 12.8. The van der Waals surface area contributed by atoms with E-state index in [2.05, 4.69) is 0 Å². The van der Waals surface area contributed by atoms with Gasteiger partial charge in [-0.25, -0.2) is 8.42 Å². The van der Waals surface area contributed by atoms with E-state index in [1.807, 2.05) is 0 Å². The number of anilines is 1. The average Bonchev–Trinajstić information content (AvgIpc) is 2.41. The zero-order valence-electron chi connectivity index (χ0n) is 11.5. The second kappa shape index (κ2) is 5.57. The van der Waals surface area contributed by atoms with Crippen LogP contribution in [0.1, 0.15) is 21.5 Å². The number of hydrogen-bond donors (Lipinski definition) is 2. The van der Waals surface area contributed by atoms with E-state index in [0.717, 1.165) is 0 Å². The minimum Gasteiger partial charge on any atom is -0.397 e. The van der Waals surface area contributed by atoms with Crippen molar-refractivity contribution in [3.05, 3.63) is 59.2 Å². The van der Waals surface area contributed by atoms with Crippen molar-refractivity contribution >= 4 is 21.4 Å². The number of nitrogen functional groups attached to an aromatic ring is 1. The van der Waals surface area contributed by atoms with Crippen LogP contribution in [0.25, 0.3) is 0 Å². The van der Waals surface area contributed by atoms with Crippen LogP contribution in [0.3, 0.4) is 0 Å². The highest BCUT2D eigenvalue weighted by atomic mass is 32.2. The highest BCUT2D eigenvalue weighted by Crippen LogP contribution is 2.25. The molecule has 0 aliphatic rings. The number of hydrogen-bond acceptors (Lipinski definition) is 4. The predicted molar refractivity (Wildman–Crippen MR) is 81.4 cm³/mol. The molecule has 0 aliphatic carbocycles. The minimum atomic E-state index is -3.59.